The first-order valence-electron chi connectivity index (χ1n) is 8.31. The smallest absolute Gasteiger partial charge is 0.354 e. The zero-order valence-corrected chi connectivity index (χ0v) is 16.8. The lowest BCUT2D eigenvalue weighted by Crippen LogP contribution is -2.60. The van der Waals surface area contributed by atoms with Gasteiger partial charge in [0.25, 0.3) is 0 Å². The van der Waals surface area contributed by atoms with E-state index in [0.717, 1.165) is 15.9 Å². The van der Waals surface area contributed by atoms with E-state index >= 15 is 0 Å². The summed E-state index contributed by atoms with van der Waals surface area (Å²) >= 11 is 2.72. The molecule has 1 saturated heterocycles. The fourth-order valence-corrected chi connectivity index (χ4v) is 6.14. The predicted octanol–water partition coefficient (Wildman–Crippen LogP) is 2.15. The van der Waals surface area contributed by atoms with Crippen LogP contribution in [0.5, 0.6) is 0 Å². The van der Waals surface area contributed by atoms with Crippen molar-refractivity contribution >= 4 is 35.4 Å². The van der Waals surface area contributed by atoms with Gasteiger partial charge < -0.3 is 14.7 Å². The number of quaternary nitrogens is 1. The van der Waals surface area contributed by atoms with Gasteiger partial charge in [-0.1, -0.05) is 35.7 Å². The molecule has 1 aromatic carbocycles. The Kier molecular flexibility index (Phi) is 5.13. The van der Waals surface area contributed by atoms with Crippen molar-refractivity contribution in [3.05, 3.63) is 39.8 Å². The largest absolute Gasteiger partial charge is 0.477 e. The number of hydrogen-bond acceptors (Lipinski definition) is 5. The van der Waals surface area contributed by atoms with Crippen molar-refractivity contribution < 1.29 is 24.3 Å². The van der Waals surface area contributed by atoms with E-state index in [1.165, 1.54) is 34.0 Å². The Labute approximate surface area is 161 Å². The van der Waals surface area contributed by atoms with Crippen LogP contribution in [0.1, 0.15) is 12.5 Å². The Balaban J connectivity index is 1.85. The van der Waals surface area contributed by atoms with E-state index in [2.05, 4.69) is 33.3 Å². The Hall–Kier alpha value is -1.48. The van der Waals surface area contributed by atoms with E-state index in [-0.39, 0.29) is 17.0 Å². The van der Waals surface area contributed by atoms with Crippen molar-refractivity contribution in [2.75, 3.05) is 21.1 Å². The van der Waals surface area contributed by atoms with Gasteiger partial charge in [0.1, 0.15) is 11.9 Å². The number of aliphatic hydroxyl groups excluding tert-OH is 1. The number of aliphatic hydroxyl groups is 1. The molecule has 2 heterocycles. The summed E-state index contributed by atoms with van der Waals surface area (Å²) in [6, 6.07) is 8.03. The third kappa shape index (κ3) is 3.64. The molecular formula is C18H23N2O4S2+. The lowest BCUT2D eigenvalue weighted by Gasteiger charge is -2.43. The maximum absolute atomic E-state index is 12.3. The highest BCUT2D eigenvalue weighted by Gasteiger charge is 2.57. The molecule has 8 heteroatoms. The number of fused-ring (bicyclic) bond motifs is 1. The molecule has 6 nitrogen and oxygen atoms in total. The molecule has 0 bridgehead atoms. The molecule has 2 aliphatic heterocycles. The fraction of sp³-hybridized carbons (Fsp3) is 0.444. The van der Waals surface area contributed by atoms with Gasteiger partial charge in [0, 0.05) is 10.5 Å². The first-order valence-corrected chi connectivity index (χ1v) is 10.0. The molecule has 3 rings (SSSR count). The summed E-state index contributed by atoms with van der Waals surface area (Å²) in [6.45, 7) is 2.43. The molecule has 2 N–H and O–H groups in total. The molecule has 26 heavy (non-hydrogen) atoms. The summed E-state index contributed by atoms with van der Waals surface area (Å²) in [5.41, 5.74) is 1.20. The second-order valence-corrected chi connectivity index (χ2v) is 10.1. The highest BCUT2D eigenvalue weighted by atomic mass is 32.2. The van der Waals surface area contributed by atoms with Gasteiger partial charge in [-0.3, -0.25) is 9.69 Å². The zero-order valence-electron chi connectivity index (χ0n) is 15.2. The number of aliphatic carboxylic acids is 1. The second-order valence-electron chi connectivity index (χ2n) is 7.62. The summed E-state index contributed by atoms with van der Waals surface area (Å²) in [5.74, 6) is -1.97. The predicted molar refractivity (Wildman–Crippen MR) is 102 cm³/mol. The van der Waals surface area contributed by atoms with Gasteiger partial charge in [0.05, 0.1) is 37.4 Å². The molecule has 1 amide bonds. The van der Waals surface area contributed by atoms with E-state index in [0.29, 0.717) is 4.24 Å². The molecule has 0 saturated carbocycles. The summed E-state index contributed by atoms with van der Waals surface area (Å²) < 4.78 is 1.40. The number of hydrogen-bond donors (Lipinski definition) is 2. The standard InChI is InChI=1S/C18H22N2O4S2/c1-10(21)13-15(22)19-14(17(23)24)18(26-16(13)19)25-12-7-5-6-11(8-12)9-20(2,3)4/h5-8,10,13,16,21H,9H2,1-4H3/p+1/t10-,13+,16-/m1/s1. The molecule has 1 fully saturated rings. The van der Waals surface area contributed by atoms with Crippen LogP contribution < -0.4 is 0 Å². The third-order valence-corrected chi connectivity index (χ3v) is 6.79. The van der Waals surface area contributed by atoms with Crippen molar-refractivity contribution in [1.82, 2.24) is 4.90 Å². The summed E-state index contributed by atoms with van der Waals surface area (Å²) in [6.07, 6.45) is -0.788. The highest BCUT2D eigenvalue weighted by Crippen LogP contribution is 2.55. The van der Waals surface area contributed by atoms with Gasteiger partial charge in [-0.2, -0.15) is 0 Å². The highest BCUT2D eigenvalue weighted by molar-refractivity contribution is 8.22. The van der Waals surface area contributed by atoms with E-state index in [1.807, 2.05) is 12.1 Å². The minimum atomic E-state index is -1.11. The Morgan fingerprint density at radius 3 is 2.65 bits per heavy atom. The number of rotatable bonds is 6. The molecule has 0 radical (unpaired) electrons. The Morgan fingerprint density at radius 1 is 1.38 bits per heavy atom. The molecule has 140 valence electrons. The molecule has 3 atom stereocenters. The zero-order chi connectivity index (χ0) is 19.2. The van der Waals surface area contributed by atoms with Crippen LogP contribution in [0.2, 0.25) is 0 Å². The molecule has 1 aromatic rings. The maximum atomic E-state index is 12.3. The van der Waals surface area contributed by atoms with Crippen LogP contribution in [0.4, 0.5) is 0 Å². The Bertz CT molecular complexity index is 786. The number of carbonyl (C=O) groups is 2. The number of carboxylic acids is 1. The SMILES string of the molecule is C[C@@H](O)[C@H]1C(=O)N2C(C(=O)O)=C(Sc3cccc(C[N+](C)(C)C)c3)S[C@H]12. The molecule has 0 aliphatic carbocycles. The summed E-state index contributed by atoms with van der Waals surface area (Å²) in [4.78, 5) is 26.2. The molecular weight excluding hydrogens is 372 g/mol. The summed E-state index contributed by atoms with van der Waals surface area (Å²) in [7, 11) is 6.35. The van der Waals surface area contributed by atoms with Crippen molar-refractivity contribution in [2.45, 2.75) is 29.8 Å². The minimum absolute atomic E-state index is 0.0314. The maximum Gasteiger partial charge on any atom is 0.354 e. The number of carboxylic acid groups (broad SMARTS) is 1. The number of nitrogens with zero attached hydrogens (tertiary/aromatic N) is 2. The second kappa shape index (κ2) is 6.92. The quantitative estimate of drug-likeness (QED) is 0.568. The monoisotopic (exact) mass is 395 g/mol. The normalized spacial score (nSPS) is 23.7. The van der Waals surface area contributed by atoms with E-state index < -0.39 is 18.0 Å². The van der Waals surface area contributed by atoms with E-state index in [9.17, 15) is 19.8 Å². The van der Waals surface area contributed by atoms with Crippen LogP contribution >= 0.6 is 23.5 Å². The van der Waals surface area contributed by atoms with Crippen molar-refractivity contribution in [1.29, 1.82) is 0 Å². The Morgan fingerprint density at radius 2 is 2.08 bits per heavy atom. The fourth-order valence-electron chi connectivity index (χ4n) is 3.18. The van der Waals surface area contributed by atoms with Crippen LogP contribution in [0.3, 0.4) is 0 Å². The molecule has 0 aromatic heterocycles. The number of benzene rings is 1. The van der Waals surface area contributed by atoms with Crippen molar-refractivity contribution in [2.24, 2.45) is 5.92 Å². The van der Waals surface area contributed by atoms with Gasteiger partial charge in [0.15, 0.2) is 5.70 Å². The lowest BCUT2D eigenvalue weighted by atomic mass is 9.92. The minimum Gasteiger partial charge on any atom is -0.477 e. The van der Waals surface area contributed by atoms with Gasteiger partial charge >= 0.3 is 5.97 Å². The first-order chi connectivity index (χ1) is 12.1. The van der Waals surface area contributed by atoms with Crippen LogP contribution in [-0.4, -0.2) is 64.1 Å². The summed E-state index contributed by atoms with van der Waals surface area (Å²) in [5, 5.41) is 19.1. The number of amides is 1. The average molecular weight is 396 g/mol. The van der Waals surface area contributed by atoms with Gasteiger partial charge in [-0.25, -0.2) is 4.79 Å². The molecule has 2 aliphatic rings. The van der Waals surface area contributed by atoms with E-state index in [1.54, 1.807) is 6.92 Å². The lowest BCUT2D eigenvalue weighted by molar-refractivity contribution is -0.884. The third-order valence-electron chi connectivity index (χ3n) is 4.23. The van der Waals surface area contributed by atoms with E-state index in [4.69, 9.17) is 0 Å². The van der Waals surface area contributed by atoms with Gasteiger partial charge in [-0.15, -0.1) is 0 Å². The number of β-lactam (4-membered cyclic amide) rings is 1. The van der Waals surface area contributed by atoms with Gasteiger partial charge in [-0.05, 0) is 19.1 Å². The van der Waals surface area contributed by atoms with Crippen LogP contribution in [-0.2, 0) is 16.1 Å². The van der Waals surface area contributed by atoms with Crippen LogP contribution in [0.15, 0.2) is 39.1 Å². The topological polar surface area (TPSA) is 77.8 Å². The number of carbonyl (C=O) groups excluding carboxylic acids is 1. The average Bonchev–Trinajstić information content (AvgIpc) is 2.80. The van der Waals surface area contributed by atoms with Crippen LogP contribution in [0.25, 0.3) is 0 Å². The number of thioether (sulfide) groups is 2. The van der Waals surface area contributed by atoms with Gasteiger partial charge in [0.2, 0.25) is 5.91 Å². The molecule has 0 unspecified atom stereocenters. The molecule has 0 spiro atoms. The van der Waals surface area contributed by atoms with Crippen molar-refractivity contribution in [3.63, 3.8) is 0 Å². The first kappa shape index (κ1) is 19.3. The van der Waals surface area contributed by atoms with Crippen molar-refractivity contribution in [3.8, 4) is 0 Å². The van der Waals surface area contributed by atoms with Crippen LogP contribution in [0, 0.1) is 5.92 Å².